The predicted octanol–water partition coefficient (Wildman–Crippen LogP) is 3.40. The Morgan fingerprint density at radius 1 is 1.03 bits per heavy atom. The number of rotatable bonds is 8. The molecule has 1 atom stereocenters. The number of esters is 1. The molecule has 0 spiro atoms. The van der Waals surface area contributed by atoms with Crippen LogP contribution < -0.4 is 5.32 Å². The number of likely N-dealkylation sites (tertiary alicyclic amines) is 1. The molecule has 1 amide bonds. The summed E-state index contributed by atoms with van der Waals surface area (Å²) in [6.45, 7) is 3.49. The lowest BCUT2D eigenvalue weighted by molar-refractivity contribution is -0.148. The molecule has 180 valence electrons. The van der Waals surface area contributed by atoms with E-state index >= 15 is 0 Å². The van der Waals surface area contributed by atoms with Gasteiger partial charge in [-0.2, -0.15) is 0 Å². The fraction of sp³-hybridized carbons (Fsp3) is 0.423. The second-order valence-electron chi connectivity index (χ2n) is 8.80. The minimum absolute atomic E-state index is 0.0806. The van der Waals surface area contributed by atoms with Gasteiger partial charge in [0.15, 0.2) is 0 Å². The maximum absolute atomic E-state index is 12.5. The molecule has 0 bridgehead atoms. The molecule has 0 saturated carbocycles. The highest BCUT2D eigenvalue weighted by Gasteiger charge is 2.30. The highest BCUT2D eigenvalue weighted by Crippen LogP contribution is 2.44. The fourth-order valence-corrected chi connectivity index (χ4v) is 4.84. The van der Waals surface area contributed by atoms with Crippen molar-refractivity contribution in [2.24, 2.45) is 0 Å². The first-order valence-electron chi connectivity index (χ1n) is 11.7. The molecule has 2 N–H and O–H groups in total. The summed E-state index contributed by atoms with van der Waals surface area (Å²) < 4.78 is 10.7. The van der Waals surface area contributed by atoms with Gasteiger partial charge in [-0.25, -0.2) is 9.59 Å². The zero-order chi connectivity index (χ0) is 24.1. The molecule has 0 aromatic heterocycles. The number of alkyl carbamates (subject to hydrolysis) is 1. The van der Waals surface area contributed by atoms with Gasteiger partial charge >= 0.3 is 18.0 Å². The number of piperidine rings is 1. The summed E-state index contributed by atoms with van der Waals surface area (Å²) >= 11 is 0. The second-order valence-corrected chi connectivity index (χ2v) is 8.80. The number of hydrogen-bond donors (Lipinski definition) is 2. The number of carbonyl (C=O) groups excluding carboxylic acids is 2. The van der Waals surface area contributed by atoms with Gasteiger partial charge in [-0.3, -0.25) is 4.79 Å². The van der Waals surface area contributed by atoms with Gasteiger partial charge in [-0.1, -0.05) is 48.5 Å². The van der Waals surface area contributed by atoms with Crippen LogP contribution in [0.2, 0.25) is 0 Å². The Balaban J connectivity index is 1.28. The average Bonchev–Trinajstić information content (AvgIpc) is 3.14. The Hall–Kier alpha value is -3.39. The summed E-state index contributed by atoms with van der Waals surface area (Å²) in [5.74, 6) is -1.46. The smallest absolute Gasteiger partial charge is 0.407 e. The quantitative estimate of drug-likeness (QED) is 0.575. The number of carbonyl (C=O) groups is 3. The van der Waals surface area contributed by atoms with E-state index in [1.807, 2.05) is 36.4 Å². The van der Waals surface area contributed by atoms with Gasteiger partial charge in [-0.15, -0.1) is 0 Å². The number of carboxylic acids is 1. The van der Waals surface area contributed by atoms with Crippen LogP contribution in [0.15, 0.2) is 48.5 Å². The van der Waals surface area contributed by atoms with Gasteiger partial charge in [0, 0.05) is 32.5 Å². The Kier molecular flexibility index (Phi) is 7.47. The van der Waals surface area contributed by atoms with Crippen LogP contribution in [0.1, 0.15) is 43.2 Å². The van der Waals surface area contributed by atoms with Crippen molar-refractivity contribution < 1.29 is 29.0 Å². The molecule has 1 aliphatic carbocycles. The number of ether oxygens (including phenoxy) is 2. The van der Waals surface area contributed by atoms with Gasteiger partial charge < -0.3 is 24.8 Å². The molecule has 1 saturated heterocycles. The van der Waals surface area contributed by atoms with Gasteiger partial charge in [0.2, 0.25) is 0 Å². The monoisotopic (exact) mass is 466 g/mol. The van der Waals surface area contributed by atoms with Crippen LogP contribution in [-0.2, 0) is 19.1 Å². The third-order valence-corrected chi connectivity index (χ3v) is 6.54. The topological polar surface area (TPSA) is 105 Å². The largest absolute Gasteiger partial charge is 0.480 e. The Labute approximate surface area is 198 Å². The molecule has 2 aliphatic rings. The molecule has 1 fully saturated rings. The lowest BCUT2D eigenvalue weighted by Crippen LogP contribution is -2.45. The van der Waals surface area contributed by atoms with Crippen LogP contribution in [0, 0.1) is 0 Å². The molecular weight excluding hydrogens is 436 g/mol. The molecule has 1 aliphatic heterocycles. The van der Waals surface area contributed by atoms with E-state index in [4.69, 9.17) is 9.47 Å². The Bertz CT molecular complexity index is 1000. The van der Waals surface area contributed by atoms with Gasteiger partial charge in [-0.05, 0) is 41.5 Å². The number of fused-ring (bicyclic) bond motifs is 3. The van der Waals surface area contributed by atoms with Gasteiger partial charge in [0.25, 0.3) is 0 Å². The molecule has 2 aromatic carbocycles. The minimum Gasteiger partial charge on any atom is -0.480 e. The third kappa shape index (κ3) is 5.56. The normalized spacial score (nSPS) is 16.9. The molecule has 0 radical (unpaired) electrons. The van der Waals surface area contributed by atoms with Crippen molar-refractivity contribution in [1.82, 2.24) is 10.2 Å². The van der Waals surface area contributed by atoms with Crippen molar-refractivity contribution >= 4 is 18.0 Å². The lowest BCUT2D eigenvalue weighted by atomic mass is 9.98. The summed E-state index contributed by atoms with van der Waals surface area (Å²) in [6.07, 6.45) is 0.886. The second kappa shape index (κ2) is 10.7. The maximum atomic E-state index is 12.5. The van der Waals surface area contributed by atoms with Crippen LogP contribution in [0.25, 0.3) is 11.1 Å². The number of benzene rings is 2. The van der Waals surface area contributed by atoms with E-state index in [1.165, 1.54) is 6.92 Å². The van der Waals surface area contributed by atoms with Crippen LogP contribution in [-0.4, -0.2) is 66.4 Å². The first-order chi connectivity index (χ1) is 16.4. The van der Waals surface area contributed by atoms with Crippen molar-refractivity contribution in [2.75, 3.05) is 26.2 Å². The molecule has 1 heterocycles. The highest BCUT2D eigenvalue weighted by atomic mass is 16.6. The van der Waals surface area contributed by atoms with Crippen LogP contribution >= 0.6 is 0 Å². The Morgan fingerprint density at radius 2 is 1.62 bits per heavy atom. The van der Waals surface area contributed by atoms with Crippen LogP contribution in [0.3, 0.4) is 0 Å². The summed E-state index contributed by atoms with van der Waals surface area (Å²) in [6, 6.07) is 15.1. The molecule has 4 rings (SSSR count). The van der Waals surface area contributed by atoms with Crippen LogP contribution in [0.5, 0.6) is 0 Å². The van der Waals surface area contributed by atoms with E-state index in [1.54, 1.807) is 0 Å². The molecule has 1 unspecified atom stereocenters. The van der Waals surface area contributed by atoms with Crippen molar-refractivity contribution in [3.8, 4) is 11.1 Å². The SMILES string of the molecule is CC(=O)OC1CCN(CCC(NC(=O)OCC2c3ccccc3-c3ccccc32)C(=O)O)CC1. The summed E-state index contributed by atoms with van der Waals surface area (Å²) in [7, 11) is 0. The highest BCUT2D eigenvalue weighted by molar-refractivity contribution is 5.81. The minimum atomic E-state index is -1.09. The standard InChI is InChI=1S/C26H30N2O6/c1-17(29)34-18-10-13-28(14-11-18)15-12-24(25(30)31)27-26(32)33-16-23-21-8-4-2-6-19(21)20-7-3-5-9-22(20)23/h2-9,18,23-24H,10-16H2,1H3,(H,27,32)(H,30,31). The summed E-state index contributed by atoms with van der Waals surface area (Å²) in [4.78, 5) is 37.4. The van der Waals surface area contributed by atoms with E-state index in [2.05, 4.69) is 22.3 Å². The van der Waals surface area contributed by atoms with Crippen molar-refractivity contribution in [3.05, 3.63) is 59.7 Å². The molecule has 8 heteroatoms. The predicted molar refractivity (Wildman–Crippen MR) is 125 cm³/mol. The number of amides is 1. The summed E-state index contributed by atoms with van der Waals surface area (Å²) in [5.41, 5.74) is 4.47. The summed E-state index contributed by atoms with van der Waals surface area (Å²) in [5, 5.41) is 12.1. The van der Waals surface area contributed by atoms with Crippen molar-refractivity contribution in [1.29, 1.82) is 0 Å². The van der Waals surface area contributed by atoms with E-state index in [-0.39, 0.29) is 31.0 Å². The van der Waals surface area contributed by atoms with E-state index < -0.39 is 18.1 Å². The Morgan fingerprint density at radius 3 is 2.18 bits per heavy atom. The van der Waals surface area contributed by atoms with Crippen LogP contribution in [0.4, 0.5) is 4.79 Å². The number of hydrogen-bond acceptors (Lipinski definition) is 6. The number of aliphatic carboxylic acids is 1. The molecule has 34 heavy (non-hydrogen) atoms. The molecule has 2 aromatic rings. The zero-order valence-electron chi connectivity index (χ0n) is 19.2. The van der Waals surface area contributed by atoms with Crippen molar-refractivity contribution in [2.45, 2.75) is 44.2 Å². The average molecular weight is 467 g/mol. The van der Waals surface area contributed by atoms with Crippen molar-refractivity contribution in [3.63, 3.8) is 0 Å². The molecular formula is C26H30N2O6. The number of nitrogens with one attached hydrogen (secondary N) is 1. The van der Waals surface area contributed by atoms with E-state index in [0.29, 0.717) is 6.54 Å². The first kappa shape index (κ1) is 23.8. The lowest BCUT2D eigenvalue weighted by Gasteiger charge is -2.32. The van der Waals surface area contributed by atoms with Gasteiger partial charge in [0.05, 0.1) is 0 Å². The third-order valence-electron chi connectivity index (χ3n) is 6.54. The van der Waals surface area contributed by atoms with E-state index in [0.717, 1.165) is 48.2 Å². The number of nitrogens with zero attached hydrogens (tertiary/aromatic N) is 1. The fourth-order valence-electron chi connectivity index (χ4n) is 4.84. The maximum Gasteiger partial charge on any atom is 0.407 e. The molecule has 8 nitrogen and oxygen atoms in total. The van der Waals surface area contributed by atoms with Gasteiger partial charge in [0.1, 0.15) is 18.8 Å². The van der Waals surface area contributed by atoms with E-state index in [9.17, 15) is 19.5 Å². The first-order valence-corrected chi connectivity index (χ1v) is 11.7. The zero-order valence-corrected chi connectivity index (χ0v) is 19.2. The number of carboxylic acid groups (broad SMARTS) is 1.